The van der Waals surface area contributed by atoms with Crippen LogP contribution in [-0.2, 0) is 14.2 Å². The minimum absolute atomic E-state index is 0.476. The first-order valence-electron chi connectivity index (χ1n) is 6.51. The van der Waals surface area contributed by atoms with Crippen molar-refractivity contribution in [1.82, 2.24) is 4.98 Å². The Morgan fingerprint density at radius 1 is 0.950 bits per heavy atom. The van der Waals surface area contributed by atoms with Gasteiger partial charge in [-0.25, -0.2) is 4.98 Å². The summed E-state index contributed by atoms with van der Waals surface area (Å²) in [5.74, 6) is 0.712. The quantitative estimate of drug-likeness (QED) is 0.452. The van der Waals surface area contributed by atoms with E-state index < -0.39 is 0 Å². The number of pyridine rings is 1. The monoisotopic (exact) mass is 348 g/mol. The standard InChI is InChI=1S/C13H21BrN2O4/c14-13-12(2-1-4-16-13)20-11-10-19-9-8-18-7-6-17-5-3-15/h1-2,4H,3,5-11,15H2. The van der Waals surface area contributed by atoms with Crippen LogP contribution in [0.15, 0.2) is 22.9 Å². The summed E-state index contributed by atoms with van der Waals surface area (Å²) in [6.07, 6.45) is 1.70. The molecule has 114 valence electrons. The SMILES string of the molecule is NCCOCCOCCOCCOc1cccnc1Br. The van der Waals surface area contributed by atoms with E-state index in [1.54, 1.807) is 6.20 Å². The normalized spacial score (nSPS) is 10.7. The molecule has 0 spiro atoms. The molecule has 1 aromatic heterocycles. The van der Waals surface area contributed by atoms with E-state index in [2.05, 4.69) is 20.9 Å². The zero-order chi connectivity index (χ0) is 14.5. The molecule has 2 N–H and O–H groups in total. The van der Waals surface area contributed by atoms with Crippen LogP contribution < -0.4 is 10.5 Å². The first-order valence-corrected chi connectivity index (χ1v) is 7.30. The number of hydrogen-bond donors (Lipinski definition) is 1. The van der Waals surface area contributed by atoms with Crippen molar-refractivity contribution in [3.05, 3.63) is 22.9 Å². The molecule has 6 nitrogen and oxygen atoms in total. The van der Waals surface area contributed by atoms with E-state index in [1.165, 1.54) is 0 Å². The van der Waals surface area contributed by atoms with E-state index in [0.29, 0.717) is 63.1 Å². The maximum absolute atomic E-state index is 5.50. The van der Waals surface area contributed by atoms with Gasteiger partial charge in [-0.2, -0.15) is 0 Å². The molecule has 0 bridgehead atoms. The molecule has 0 amide bonds. The molecule has 0 saturated heterocycles. The Kier molecular flexibility index (Phi) is 10.4. The van der Waals surface area contributed by atoms with Crippen molar-refractivity contribution in [3.63, 3.8) is 0 Å². The molecule has 1 heterocycles. The topological polar surface area (TPSA) is 75.8 Å². The second-order valence-electron chi connectivity index (χ2n) is 3.77. The molecule has 0 saturated carbocycles. The Bertz CT molecular complexity index is 355. The third-order valence-electron chi connectivity index (χ3n) is 2.22. The number of rotatable bonds is 12. The maximum Gasteiger partial charge on any atom is 0.152 e. The molecule has 1 rings (SSSR count). The molecule has 0 aliphatic heterocycles. The predicted octanol–water partition coefficient (Wildman–Crippen LogP) is 1.23. The van der Waals surface area contributed by atoms with Crippen LogP contribution in [0.5, 0.6) is 5.75 Å². The van der Waals surface area contributed by atoms with Crippen LogP contribution in [0.4, 0.5) is 0 Å². The maximum atomic E-state index is 5.50. The van der Waals surface area contributed by atoms with Crippen LogP contribution in [0.1, 0.15) is 0 Å². The fraction of sp³-hybridized carbons (Fsp3) is 0.615. The number of hydrogen-bond acceptors (Lipinski definition) is 6. The number of halogens is 1. The molecule has 0 fully saturated rings. The summed E-state index contributed by atoms with van der Waals surface area (Å²) in [5.41, 5.74) is 5.28. The van der Waals surface area contributed by atoms with Crippen LogP contribution in [0, 0.1) is 0 Å². The van der Waals surface area contributed by atoms with E-state index in [1.807, 2.05) is 12.1 Å². The van der Waals surface area contributed by atoms with E-state index >= 15 is 0 Å². The first-order chi connectivity index (χ1) is 9.84. The highest BCUT2D eigenvalue weighted by atomic mass is 79.9. The minimum Gasteiger partial charge on any atom is -0.488 e. The second-order valence-corrected chi connectivity index (χ2v) is 4.52. The Morgan fingerprint density at radius 2 is 1.55 bits per heavy atom. The third-order valence-corrected chi connectivity index (χ3v) is 2.81. The fourth-order valence-corrected chi connectivity index (χ4v) is 1.68. The van der Waals surface area contributed by atoms with Crippen LogP contribution in [0.3, 0.4) is 0 Å². The van der Waals surface area contributed by atoms with E-state index in [9.17, 15) is 0 Å². The first kappa shape index (κ1) is 17.3. The summed E-state index contributed by atoms with van der Waals surface area (Å²) in [7, 11) is 0. The minimum atomic E-state index is 0.476. The van der Waals surface area contributed by atoms with Gasteiger partial charge in [0.25, 0.3) is 0 Å². The lowest BCUT2D eigenvalue weighted by atomic mass is 10.5. The Balaban J connectivity index is 1.87. The van der Waals surface area contributed by atoms with Crippen molar-refractivity contribution in [2.75, 3.05) is 52.8 Å². The van der Waals surface area contributed by atoms with Crippen LogP contribution in [0.25, 0.3) is 0 Å². The molecule has 0 radical (unpaired) electrons. The van der Waals surface area contributed by atoms with Gasteiger partial charge in [0.2, 0.25) is 0 Å². The Labute approximate surface area is 127 Å². The van der Waals surface area contributed by atoms with Crippen molar-refractivity contribution in [2.24, 2.45) is 5.73 Å². The molecule has 7 heteroatoms. The summed E-state index contributed by atoms with van der Waals surface area (Å²) in [6, 6.07) is 3.67. The highest BCUT2D eigenvalue weighted by Crippen LogP contribution is 2.20. The zero-order valence-corrected chi connectivity index (χ0v) is 13.0. The molecule has 0 unspecified atom stereocenters. The van der Waals surface area contributed by atoms with Crippen molar-refractivity contribution in [1.29, 1.82) is 0 Å². The number of nitrogens with two attached hydrogens (primary N) is 1. The summed E-state index contributed by atoms with van der Waals surface area (Å²) in [4.78, 5) is 4.06. The van der Waals surface area contributed by atoms with Crippen molar-refractivity contribution >= 4 is 15.9 Å². The zero-order valence-electron chi connectivity index (χ0n) is 11.4. The van der Waals surface area contributed by atoms with Gasteiger partial charge >= 0.3 is 0 Å². The van der Waals surface area contributed by atoms with Gasteiger partial charge in [0.1, 0.15) is 11.2 Å². The summed E-state index contributed by atoms with van der Waals surface area (Å²) in [5, 5.41) is 0. The summed E-state index contributed by atoms with van der Waals surface area (Å²) >= 11 is 3.31. The highest BCUT2D eigenvalue weighted by molar-refractivity contribution is 9.10. The summed E-state index contributed by atoms with van der Waals surface area (Å²) in [6.45, 7) is 4.30. The predicted molar refractivity (Wildman–Crippen MR) is 78.9 cm³/mol. The highest BCUT2D eigenvalue weighted by Gasteiger charge is 1.99. The van der Waals surface area contributed by atoms with E-state index in [0.717, 1.165) is 0 Å². The molecular formula is C13H21BrN2O4. The van der Waals surface area contributed by atoms with E-state index in [-0.39, 0.29) is 0 Å². The van der Waals surface area contributed by atoms with Crippen molar-refractivity contribution < 1.29 is 18.9 Å². The van der Waals surface area contributed by atoms with Gasteiger partial charge in [-0.3, -0.25) is 0 Å². The lowest BCUT2D eigenvalue weighted by Crippen LogP contribution is -2.14. The second kappa shape index (κ2) is 12.0. The van der Waals surface area contributed by atoms with Gasteiger partial charge in [0.15, 0.2) is 5.75 Å². The molecular weight excluding hydrogens is 328 g/mol. The molecule has 0 aromatic carbocycles. The van der Waals surface area contributed by atoms with Crippen LogP contribution >= 0.6 is 15.9 Å². The van der Waals surface area contributed by atoms with Crippen molar-refractivity contribution in [2.45, 2.75) is 0 Å². The van der Waals surface area contributed by atoms with Crippen molar-refractivity contribution in [3.8, 4) is 5.75 Å². The third kappa shape index (κ3) is 8.44. The smallest absolute Gasteiger partial charge is 0.152 e. The van der Waals surface area contributed by atoms with Gasteiger partial charge in [-0.15, -0.1) is 0 Å². The fourth-order valence-electron chi connectivity index (χ4n) is 1.31. The number of ether oxygens (including phenoxy) is 4. The number of aromatic nitrogens is 1. The van der Waals surface area contributed by atoms with Crippen LogP contribution in [0.2, 0.25) is 0 Å². The Hall–Kier alpha value is -0.730. The largest absolute Gasteiger partial charge is 0.488 e. The van der Waals surface area contributed by atoms with Crippen LogP contribution in [-0.4, -0.2) is 57.8 Å². The molecule has 1 aromatic rings. The van der Waals surface area contributed by atoms with Gasteiger partial charge in [-0.1, -0.05) is 0 Å². The van der Waals surface area contributed by atoms with Gasteiger partial charge in [0.05, 0.1) is 39.6 Å². The van der Waals surface area contributed by atoms with Gasteiger partial charge < -0.3 is 24.7 Å². The van der Waals surface area contributed by atoms with E-state index in [4.69, 9.17) is 24.7 Å². The van der Waals surface area contributed by atoms with Gasteiger partial charge in [-0.05, 0) is 28.1 Å². The molecule has 0 aliphatic carbocycles. The lowest BCUT2D eigenvalue weighted by Gasteiger charge is -2.08. The molecule has 0 aliphatic rings. The number of nitrogens with zero attached hydrogens (tertiary/aromatic N) is 1. The average Bonchev–Trinajstić information content (AvgIpc) is 2.46. The van der Waals surface area contributed by atoms with Gasteiger partial charge in [0, 0.05) is 12.7 Å². The molecule has 20 heavy (non-hydrogen) atoms. The molecule has 0 atom stereocenters. The lowest BCUT2D eigenvalue weighted by molar-refractivity contribution is 0.0105. The Morgan fingerprint density at radius 3 is 2.15 bits per heavy atom. The average molecular weight is 349 g/mol. The summed E-state index contributed by atoms with van der Waals surface area (Å²) < 4.78 is 22.1.